The van der Waals surface area contributed by atoms with Crippen LogP contribution in [0.25, 0.3) is 0 Å². The second kappa shape index (κ2) is 6.78. The number of halogens is 1. The van der Waals surface area contributed by atoms with Crippen LogP contribution < -0.4 is 21.1 Å². The van der Waals surface area contributed by atoms with E-state index >= 15 is 0 Å². The number of hydrogen-bond acceptors (Lipinski definition) is 4. The van der Waals surface area contributed by atoms with Crippen molar-refractivity contribution in [1.29, 1.82) is 0 Å². The van der Waals surface area contributed by atoms with Gasteiger partial charge in [-0.15, -0.1) is 0 Å². The molecule has 0 spiro atoms. The molecule has 1 aromatic carbocycles. The van der Waals surface area contributed by atoms with Crippen LogP contribution in [-0.2, 0) is 9.59 Å². The van der Waals surface area contributed by atoms with E-state index in [0.29, 0.717) is 22.1 Å². The number of nitrogens with one attached hydrogen (secondary N) is 2. The molecular formula is C14H18ClN3O3. The first-order valence-electron chi connectivity index (χ1n) is 6.81. The molecule has 0 radical (unpaired) electrons. The zero-order valence-corrected chi connectivity index (χ0v) is 12.5. The summed E-state index contributed by atoms with van der Waals surface area (Å²) in [6.07, 6.45) is 1.96. The number of hydrogen-bond donors (Lipinski definition) is 3. The van der Waals surface area contributed by atoms with Crippen LogP contribution in [0.4, 0.5) is 11.4 Å². The van der Waals surface area contributed by atoms with Gasteiger partial charge in [0.25, 0.3) is 5.91 Å². The number of rotatable bonds is 5. The van der Waals surface area contributed by atoms with Crippen molar-refractivity contribution in [2.24, 2.45) is 5.73 Å². The average molecular weight is 312 g/mol. The van der Waals surface area contributed by atoms with Crippen LogP contribution in [0, 0.1) is 0 Å². The van der Waals surface area contributed by atoms with Crippen molar-refractivity contribution < 1.29 is 14.3 Å². The van der Waals surface area contributed by atoms with Crippen molar-refractivity contribution in [2.45, 2.75) is 32.2 Å². The van der Waals surface area contributed by atoms with E-state index in [9.17, 15) is 9.59 Å². The number of anilines is 2. The van der Waals surface area contributed by atoms with Gasteiger partial charge >= 0.3 is 0 Å². The second-order valence-electron chi connectivity index (χ2n) is 4.97. The molecule has 1 heterocycles. The molecule has 1 unspecified atom stereocenters. The second-order valence-corrected chi connectivity index (χ2v) is 5.37. The Balaban J connectivity index is 2.07. The van der Waals surface area contributed by atoms with Gasteiger partial charge in [-0.1, -0.05) is 24.9 Å². The van der Waals surface area contributed by atoms with Crippen LogP contribution in [0.2, 0.25) is 5.02 Å². The fourth-order valence-electron chi connectivity index (χ4n) is 2.11. The van der Waals surface area contributed by atoms with Crippen molar-refractivity contribution in [3.63, 3.8) is 0 Å². The summed E-state index contributed by atoms with van der Waals surface area (Å²) < 4.78 is 5.29. The number of carbonyl (C=O) groups excluding carboxylic acids is 2. The van der Waals surface area contributed by atoms with Gasteiger partial charge in [0, 0.05) is 18.5 Å². The summed E-state index contributed by atoms with van der Waals surface area (Å²) in [7, 11) is 0. The molecule has 1 aliphatic rings. The Morgan fingerprint density at radius 1 is 1.57 bits per heavy atom. The van der Waals surface area contributed by atoms with Gasteiger partial charge in [-0.05, 0) is 12.5 Å². The Kier molecular flexibility index (Phi) is 5.03. The number of ether oxygens (including phenoxy) is 1. The highest BCUT2D eigenvalue weighted by Gasteiger charge is 2.19. The maximum Gasteiger partial charge on any atom is 0.262 e. The summed E-state index contributed by atoms with van der Waals surface area (Å²) >= 11 is 6.10. The van der Waals surface area contributed by atoms with Crippen molar-refractivity contribution in [1.82, 2.24) is 0 Å². The lowest BCUT2D eigenvalue weighted by atomic mass is 10.1. The fourth-order valence-corrected chi connectivity index (χ4v) is 2.32. The van der Waals surface area contributed by atoms with E-state index in [4.69, 9.17) is 22.1 Å². The molecule has 2 rings (SSSR count). The Morgan fingerprint density at radius 3 is 3.05 bits per heavy atom. The van der Waals surface area contributed by atoms with E-state index in [2.05, 4.69) is 10.6 Å². The van der Waals surface area contributed by atoms with Gasteiger partial charge in [0.05, 0.1) is 16.4 Å². The van der Waals surface area contributed by atoms with Gasteiger partial charge in [-0.2, -0.15) is 0 Å². The van der Waals surface area contributed by atoms with Crippen molar-refractivity contribution in [2.75, 3.05) is 17.2 Å². The van der Waals surface area contributed by atoms with Gasteiger partial charge in [0.15, 0.2) is 6.61 Å². The minimum Gasteiger partial charge on any atom is -0.482 e. The standard InChI is InChI=1S/C14H18ClN3O3/c1-2-3-8(16)4-13(19)17-10-6-12-11(5-9(10)15)18-14(20)7-21-12/h5-6,8H,2-4,7,16H2,1H3,(H,17,19)(H,18,20). The maximum absolute atomic E-state index is 11.9. The number of carbonyl (C=O) groups is 2. The molecule has 0 aliphatic carbocycles. The zero-order chi connectivity index (χ0) is 15.4. The van der Waals surface area contributed by atoms with Gasteiger partial charge in [0.1, 0.15) is 5.75 Å². The third-order valence-corrected chi connectivity index (χ3v) is 3.40. The van der Waals surface area contributed by atoms with E-state index in [0.717, 1.165) is 12.8 Å². The smallest absolute Gasteiger partial charge is 0.262 e. The molecule has 0 aromatic heterocycles. The molecule has 1 aliphatic heterocycles. The molecule has 1 aromatic rings. The van der Waals surface area contributed by atoms with Crippen molar-refractivity contribution >= 4 is 34.8 Å². The minimum absolute atomic E-state index is 0.0522. The van der Waals surface area contributed by atoms with E-state index in [-0.39, 0.29) is 30.9 Å². The number of nitrogens with two attached hydrogens (primary N) is 1. The molecule has 4 N–H and O–H groups in total. The average Bonchev–Trinajstić information content (AvgIpc) is 2.40. The largest absolute Gasteiger partial charge is 0.482 e. The lowest BCUT2D eigenvalue weighted by molar-refractivity contribution is -0.119. The lowest BCUT2D eigenvalue weighted by Gasteiger charge is -2.20. The molecule has 6 nitrogen and oxygen atoms in total. The highest BCUT2D eigenvalue weighted by Crippen LogP contribution is 2.36. The van der Waals surface area contributed by atoms with Crippen LogP contribution in [0.15, 0.2) is 12.1 Å². The maximum atomic E-state index is 11.9. The van der Waals surface area contributed by atoms with Crippen LogP contribution in [0.1, 0.15) is 26.2 Å². The van der Waals surface area contributed by atoms with E-state index < -0.39 is 0 Å². The van der Waals surface area contributed by atoms with Gasteiger partial charge in [-0.3, -0.25) is 9.59 Å². The summed E-state index contributed by atoms with van der Waals surface area (Å²) in [6.45, 7) is 1.97. The molecule has 0 fully saturated rings. The molecule has 114 valence electrons. The molecule has 1 atom stereocenters. The van der Waals surface area contributed by atoms with Gasteiger partial charge < -0.3 is 21.1 Å². The number of amides is 2. The van der Waals surface area contributed by atoms with Gasteiger partial charge in [-0.25, -0.2) is 0 Å². The molecular weight excluding hydrogens is 294 g/mol. The molecule has 0 saturated carbocycles. The first kappa shape index (κ1) is 15.6. The molecule has 0 bridgehead atoms. The summed E-state index contributed by atoms with van der Waals surface area (Å²) in [5.74, 6) is 0.0469. The summed E-state index contributed by atoms with van der Waals surface area (Å²) in [5.41, 5.74) is 6.78. The van der Waals surface area contributed by atoms with Crippen LogP contribution in [0.3, 0.4) is 0 Å². The lowest BCUT2D eigenvalue weighted by Crippen LogP contribution is -2.27. The third kappa shape index (κ3) is 4.09. The quantitative estimate of drug-likeness (QED) is 0.776. The minimum atomic E-state index is -0.235. The molecule has 2 amide bonds. The first-order valence-corrected chi connectivity index (χ1v) is 7.19. The Bertz CT molecular complexity index is 563. The molecule has 7 heteroatoms. The van der Waals surface area contributed by atoms with E-state index in [1.807, 2.05) is 6.92 Å². The van der Waals surface area contributed by atoms with E-state index in [1.165, 1.54) is 0 Å². The summed E-state index contributed by atoms with van der Waals surface area (Å²) in [5, 5.41) is 5.70. The number of fused-ring (bicyclic) bond motifs is 1. The SMILES string of the molecule is CCCC(N)CC(=O)Nc1cc2c(cc1Cl)NC(=O)CO2. The predicted octanol–water partition coefficient (Wildman–Crippen LogP) is 2.13. The van der Waals surface area contributed by atoms with Crippen LogP contribution in [0.5, 0.6) is 5.75 Å². The third-order valence-electron chi connectivity index (χ3n) is 3.08. The first-order chi connectivity index (χ1) is 9.99. The highest BCUT2D eigenvalue weighted by molar-refractivity contribution is 6.34. The number of benzene rings is 1. The van der Waals surface area contributed by atoms with Gasteiger partial charge in [0.2, 0.25) is 5.91 Å². The monoisotopic (exact) mass is 311 g/mol. The predicted molar refractivity (Wildman–Crippen MR) is 81.7 cm³/mol. The normalized spacial score (nSPS) is 14.7. The highest BCUT2D eigenvalue weighted by atomic mass is 35.5. The van der Waals surface area contributed by atoms with Crippen LogP contribution in [-0.4, -0.2) is 24.5 Å². The fraction of sp³-hybridized carbons (Fsp3) is 0.429. The van der Waals surface area contributed by atoms with Crippen molar-refractivity contribution in [3.05, 3.63) is 17.2 Å². The molecule has 0 saturated heterocycles. The van der Waals surface area contributed by atoms with Crippen LogP contribution >= 0.6 is 11.6 Å². The Hall–Kier alpha value is -1.79. The Labute approximate surface area is 128 Å². The Morgan fingerprint density at radius 2 is 2.33 bits per heavy atom. The summed E-state index contributed by atoms with van der Waals surface area (Å²) in [4.78, 5) is 23.1. The zero-order valence-electron chi connectivity index (χ0n) is 11.7. The summed E-state index contributed by atoms with van der Waals surface area (Å²) in [6, 6.07) is 2.98. The molecule has 21 heavy (non-hydrogen) atoms. The van der Waals surface area contributed by atoms with E-state index in [1.54, 1.807) is 12.1 Å². The van der Waals surface area contributed by atoms with Crippen molar-refractivity contribution in [3.8, 4) is 5.75 Å². The topological polar surface area (TPSA) is 93.5 Å².